The van der Waals surface area contributed by atoms with Crippen LogP contribution in [0, 0.1) is 0 Å². The highest BCUT2D eigenvalue weighted by Gasteiger charge is 2.18. The Morgan fingerprint density at radius 3 is 2.00 bits per heavy atom. The molecule has 1 aromatic rings. The lowest BCUT2D eigenvalue weighted by molar-refractivity contribution is 0.413. The summed E-state index contributed by atoms with van der Waals surface area (Å²) in [5.41, 5.74) is 0. The zero-order valence-electron chi connectivity index (χ0n) is 8.95. The van der Waals surface area contributed by atoms with E-state index in [-0.39, 0.29) is 0 Å². The highest BCUT2D eigenvalue weighted by Crippen LogP contribution is 2.37. The predicted octanol–water partition coefficient (Wildman–Crippen LogP) is 0.0690. The molecule has 0 saturated heterocycles. The van der Waals surface area contributed by atoms with Crippen LogP contribution < -0.4 is 8.37 Å². The Balaban J connectivity index is 3.27. The van der Waals surface area contributed by atoms with Gasteiger partial charge in [0.1, 0.15) is 0 Å². The lowest BCUT2D eigenvalue weighted by Crippen LogP contribution is -2.10. The number of hydrogen-bond acceptors (Lipinski definition) is 7. The quantitative estimate of drug-likeness (QED) is 0.778. The fraction of sp³-hybridized carbons (Fsp3) is 0.250. The molecule has 0 aliphatic rings. The third-order valence-corrected chi connectivity index (χ3v) is 2.39. The molecule has 1 aromatic carbocycles. The molecule has 0 fully saturated rings. The van der Waals surface area contributed by atoms with Crippen LogP contribution in [0.5, 0.6) is 17.2 Å². The lowest BCUT2D eigenvalue weighted by atomic mass is 10.3. The third kappa shape index (κ3) is 4.49. The first-order valence-corrected chi connectivity index (χ1v) is 7.83. The molecular weight excluding hydrogens is 272 g/mol. The second kappa shape index (κ2) is 4.41. The number of benzene rings is 1. The summed E-state index contributed by atoms with van der Waals surface area (Å²) in [7, 11) is -7.77. The van der Waals surface area contributed by atoms with E-state index in [0.717, 1.165) is 24.6 Å². The largest absolute Gasteiger partial charge is 0.504 e. The van der Waals surface area contributed by atoms with Gasteiger partial charge in [0.15, 0.2) is 11.5 Å². The Morgan fingerprint density at radius 1 is 1.00 bits per heavy atom. The number of phenolic OH excluding ortho intramolecular Hbond substituents is 1. The second-order valence-corrected chi connectivity index (χ2v) is 6.33. The van der Waals surface area contributed by atoms with E-state index in [1.165, 1.54) is 6.07 Å². The standard InChI is InChI=1S/C8H10O7S2/c1-16(10,11)14-7-5-3-4-6(9)8(7)15-17(2,12)13/h3-5,9H,1-2H3. The molecule has 0 aliphatic carbocycles. The van der Waals surface area contributed by atoms with E-state index in [9.17, 15) is 21.9 Å². The summed E-state index contributed by atoms with van der Waals surface area (Å²) < 4.78 is 52.6. The van der Waals surface area contributed by atoms with Gasteiger partial charge in [-0.3, -0.25) is 0 Å². The molecular formula is C8H10O7S2. The van der Waals surface area contributed by atoms with Crippen molar-refractivity contribution in [2.24, 2.45) is 0 Å². The fourth-order valence-electron chi connectivity index (χ4n) is 0.968. The molecule has 1 N–H and O–H groups in total. The highest BCUT2D eigenvalue weighted by atomic mass is 32.2. The monoisotopic (exact) mass is 282 g/mol. The molecule has 0 spiro atoms. The minimum Gasteiger partial charge on any atom is -0.504 e. The van der Waals surface area contributed by atoms with Gasteiger partial charge in [-0.25, -0.2) is 0 Å². The van der Waals surface area contributed by atoms with Crippen molar-refractivity contribution in [3.63, 3.8) is 0 Å². The van der Waals surface area contributed by atoms with E-state index in [1.807, 2.05) is 0 Å². The van der Waals surface area contributed by atoms with Gasteiger partial charge >= 0.3 is 20.2 Å². The normalized spacial score (nSPS) is 12.1. The third-order valence-electron chi connectivity index (χ3n) is 1.43. The molecule has 0 atom stereocenters. The molecule has 0 aliphatic heterocycles. The maximum Gasteiger partial charge on any atom is 0.306 e. The Kier molecular flexibility index (Phi) is 3.53. The first kappa shape index (κ1) is 13.6. The number of phenols is 1. The summed E-state index contributed by atoms with van der Waals surface area (Å²) in [4.78, 5) is 0. The van der Waals surface area contributed by atoms with Crippen LogP contribution >= 0.6 is 0 Å². The van der Waals surface area contributed by atoms with Gasteiger partial charge in [-0.2, -0.15) is 16.8 Å². The van der Waals surface area contributed by atoms with Crippen LogP contribution in [0.3, 0.4) is 0 Å². The van der Waals surface area contributed by atoms with E-state index in [1.54, 1.807) is 0 Å². The zero-order chi connectivity index (χ0) is 13.3. The molecule has 17 heavy (non-hydrogen) atoms. The van der Waals surface area contributed by atoms with Crippen molar-refractivity contribution in [3.8, 4) is 17.2 Å². The van der Waals surface area contributed by atoms with Gasteiger partial charge in [0.2, 0.25) is 5.75 Å². The Bertz CT molecular complexity index is 615. The number of para-hydroxylation sites is 1. The van der Waals surface area contributed by atoms with Crippen molar-refractivity contribution in [3.05, 3.63) is 18.2 Å². The summed E-state index contributed by atoms with van der Waals surface area (Å²) in [6.07, 6.45) is 1.53. The smallest absolute Gasteiger partial charge is 0.306 e. The molecule has 7 nitrogen and oxygen atoms in total. The maximum atomic E-state index is 10.9. The molecule has 0 unspecified atom stereocenters. The highest BCUT2D eigenvalue weighted by molar-refractivity contribution is 7.86. The summed E-state index contributed by atoms with van der Waals surface area (Å²) in [6.45, 7) is 0. The van der Waals surface area contributed by atoms with Crippen molar-refractivity contribution in [2.45, 2.75) is 0 Å². The predicted molar refractivity (Wildman–Crippen MR) is 59.1 cm³/mol. The summed E-state index contributed by atoms with van der Waals surface area (Å²) >= 11 is 0. The van der Waals surface area contributed by atoms with Crippen LogP contribution in [0.4, 0.5) is 0 Å². The first-order chi connectivity index (χ1) is 7.58. The Hall–Kier alpha value is -1.48. The van der Waals surface area contributed by atoms with Gasteiger partial charge in [-0.1, -0.05) is 6.07 Å². The van der Waals surface area contributed by atoms with Gasteiger partial charge in [0.25, 0.3) is 0 Å². The number of aromatic hydroxyl groups is 1. The van der Waals surface area contributed by atoms with Gasteiger partial charge in [-0.05, 0) is 12.1 Å². The van der Waals surface area contributed by atoms with Gasteiger partial charge in [-0.15, -0.1) is 0 Å². The van der Waals surface area contributed by atoms with E-state index in [4.69, 9.17) is 0 Å². The van der Waals surface area contributed by atoms with E-state index >= 15 is 0 Å². The minimum atomic E-state index is -3.91. The Labute approximate surface area is 98.9 Å². The van der Waals surface area contributed by atoms with Crippen LogP contribution in [-0.4, -0.2) is 34.5 Å². The Morgan fingerprint density at radius 2 is 1.53 bits per heavy atom. The van der Waals surface area contributed by atoms with Crippen LogP contribution in [-0.2, 0) is 20.2 Å². The van der Waals surface area contributed by atoms with Crippen molar-refractivity contribution in [2.75, 3.05) is 12.5 Å². The average molecular weight is 282 g/mol. The summed E-state index contributed by atoms with van der Waals surface area (Å²) in [5.74, 6) is -1.52. The average Bonchev–Trinajstić information content (AvgIpc) is 2.07. The molecule has 0 radical (unpaired) electrons. The lowest BCUT2D eigenvalue weighted by Gasteiger charge is -2.10. The van der Waals surface area contributed by atoms with Crippen molar-refractivity contribution in [1.29, 1.82) is 0 Å². The van der Waals surface area contributed by atoms with Crippen LogP contribution in [0.25, 0.3) is 0 Å². The minimum absolute atomic E-state index is 0.405. The number of hydrogen-bond donors (Lipinski definition) is 1. The number of rotatable bonds is 4. The molecule has 0 aromatic heterocycles. The molecule has 1 rings (SSSR count). The molecule has 96 valence electrons. The van der Waals surface area contributed by atoms with Crippen LogP contribution in [0.15, 0.2) is 18.2 Å². The molecule has 0 bridgehead atoms. The van der Waals surface area contributed by atoms with E-state index in [2.05, 4.69) is 8.37 Å². The van der Waals surface area contributed by atoms with Gasteiger partial charge < -0.3 is 13.5 Å². The molecule has 9 heteroatoms. The molecule has 0 amide bonds. The first-order valence-electron chi connectivity index (χ1n) is 4.19. The van der Waals surface area contributed by atoms with E-state index < -0.39 is 37.5 Å². The zero-order valence-corrected chi connectivity index (χ0v) is 10.6. The van der Waals surface area contributed by atoms with Crippen molar-refractivity contribution >= 4 is 20.2 Å². The summed E-state index contributed by atoms with van der Waals surface area (Å²) in [6, 6.07) is 3.57. The summed E-state index contributed by atoms with van der Waals surface area (Å²) in [5, 5.41) is 9.39. The molecule has 0 heterocycles. The molecule has 0 saturated carbocycles. The van der Waals surface area contributed by atoms with Crippen LogP contribution in [0.2, 0.25) is 0 Å². The maximum absolute atomic E-state index is 10.9. The van der Waals surface area contributed by atoms with Gasteiger partial charge in [0, 0.05) is 0 Å². The van der Waals surface area contributed by atoms with E-state index in [0.29, 0.717) is 0 Å². The SMILES string of the molecule is CS(=O)(=O)Oc1cccc(O)c1OS(C)(=O)=O. The van der Waals surface area contributed by atoms with Gasteiger partial charge in [0.05, 0.1) is 12.5 Å². The van der Waals surface area contributed by atoms with Crippen molar-refractivity contribution < 1.29 is 30.3 Å². The van der Waals surface area contributed by atoms with Crippen molar-refractivity contribution in [1.82, 2.24) is 0 Å². The topological polar surface area (TPSA) is 107 Å². The van der Waals surface area contributed by atoms with Crippen LogP contribution in [0.1, 0.15) is 0 Å². The second-order valence-electron chi connectivity index (χ2n) is 3.18. The fourth-order valence-corrected chi connectivity index (χ4v) is 1.90.